The summed E-state index contributed by atoms with van der Waals surface area (Å²) in [6.45, 7) is 2.74. The molecule has 1 aromatic carbocycles. The Morgan fingerprint density at radius 1 is 1.04 bits per heavy atom. The lowest BCUT2D eigenvalue weighted by molar-refractivity contribution is 0.242. The van der Waals surface area contributed by atoms with E-state index in [1.807, 2.05) is 55.7 Å². The Morgan fingerprint density at radius 2 is 1.85 bits per heavy atom. The summed E-state index contributed by atoms with van der Waals surface area (Å²) in [6, 6.07) is 11.9. The molecule has 138 valence electrons. The van der Waals surface area contributed by atoms with Crippen LogP contribution in [0.15, 0.2) is 48.8 Å². The third-order valence-corrected chi connectivity index (χ3v) is 5.04. The first-order valence-corrected chi connectivity index (χ1v) is 9.41. The number of halogens is 1. The zero-order valence-electron chi connectivity index (χ0n) is 15.6. The highest BCUT2D eigenvalue weighted by atomic mass is 35.5. The van der Waals surface area contributed by atoms with Crippen molar-refractivity contribution in [3.8, 4) is 11.4 Å². The number of hydrogen-bond donors (Lipinski definition) is 0. The highest BCUT2D eigenvalue weighted by molar-refractivity contribution is 6.30. The summed E-state index contributed by atoms with van der Waals surface area (Å²) in [5.41, 5.74) is 4.57. The van der Waals surface area contributed by atoms with Crippen LogP contribution in [0.5, 0.6) is 0 Å². The van der Waals surface area contributed by atoms with Gasteiger partial charge >= 0.3 is 0 Å². The Labute approximate surface area is 164 Å². The Bertz CT molecular complexity index is 922. The minimum Gasteiger partial charge on any atom is -0.363 e. The van der Waals surface area contributed by atoms with E-state index in [4.69, 9.17) is 16.6 Å². The molecule has 0 fully saturated rings. The summed E-state index contributed by atoms with van der Waals surface area (Å²) >= 11 is 5.97. The first-order chi connectivity index (χ1) is 13.1. The molecule has 3 aromatic rings. The predicted octanol–water partition coefficient (Wildman–Crippen LogP) is 3.82. The quantitative estimate of drug-likeness (QED) is 0.689. The lowest BCUT2D eigenvalue weighted by atomic mass is 10.1. The first-order valence-electron chi connectivity index (χ1n) is 9.04. The lowest BCUT2D eigenvalue weighted by Crippen LogP contribution is -2.31. The van der Waals surface area contributed by atoms with Crippen molar-refractivity contribution in [3.05, 3.63) is 70.6 Å². The fourth-order valence-corrected chi connectivity index (χ4v) is 3.41. The van der Waals surface area contributed by atoms with Gasteiger partial charge in [-0.05, 0) is 35.9 Å². The van der Waals surface area contributed by atoms with E-state index >= 15 is 0 Å². The van der Waals surface area contributed by atoms with Crippen LogP contribution in [0.2, 0.25) is 5.02 Å². The maximum absolute atomic E-state index is 5.97. The molecule has 6 heteroatoms. The highest BCUT2D eigenvalue weighted by Gasteiger charge is 2.19. The molecule has 0 bridgehead atoms. The van der Waals surface area contributed by atoms with Crippen LogP contribution in [0.1, 0.15) is 16.8 Å². The molecule has 0 saturated carbocycles. The second kappa shape index (κ2) is 7.62. The Morgan fingerprint density at radius 3 is 2.56 bits per heavy atom. The molecule has 0 unspecified atom stereocenters. The summed E-state index contributed by atoms with van der Waals surface area (Å²) in [6.07, 6.45) is 4.86. The number of hydrogen-bond acceptors (Lipinski definition) is 5. The van der Waals surface area contributed by atoms with Crippen LogP contribution in [0, 0.1) is 0 Å². The van der Waals surface area contributed by atoms with Gasteiger partial charge in [0.25, 0.3) is 0 Å². The average Bonchev–Trinajstić information content (AvgIpc) is 2.68. The Kier molecular flexibility index (Phi) is 5.05. The molecule has 0 radical (unpaired) electrons. The van der Waals surface area contributed by atoms with Crippen LogP contribution in [-0.2, 0) is 19.5 Å². The van der Waals surface area contributed by atoms with Crippen molar-refractivity contribution in [3.63, 3.8) is 0 Å². The second-order valence-corrected chi connectivity index (χ2v) is 7.49. The van der Waals surface area contributed by atoms with Gasteiger partial charge in [0.15, 0.2) is 5.82 Å². The average molecular weight is 380 g/mol. The molecular weight excluding hydrogens is 358 g/mol. The standard InChI is InChI=1S/C21H22ClN5/c1-26(2)20-8-3-15(11-23-20)13-27-10-9-19-17(14-27)12-24-21(25-19)16-4-6-18(22)7-5-16/h3-8,11-12H,9-10,13-14H2,1-2H3. The third kappa shape index (κ3) is 4.10. The van der Waals surface area contributed by atoms with Gasteiger partial charge in [0.2, 0.25) is 0 Å². The fourth-order valence-electron chi connectivity index (χ4n) is 3.28. The number of nitrogens with zero attached hydrogens (tertiary/aromatic N) is 5. The van der Waals surface area contributed by atoms with E-state index < -0.39 is 0 Å². The smallest absolute Gasteiger partial charge is 0.159 e. The van der Waals surface area contributed by atoms with Crippen molar-refractivity contribution in [2.24, 2.45) is 0 Å². The highest BCUT2D eigenvalue weighted by Crippen LogP contribution is 2.23. The van der Waals surface area contributed by atoms with E-state index in [1.54, 1.807) is 0 Å². The van der Waals surface area contributed by atoms with Crippen molar-refractivity contribution in [1.29, 1.82) is 0 Å². The van der Waals surface area contributed by atoms with E-state index in [0.29, 0.717) is 0 Å². The van der Waals surface area contributed by atoms with Crippen molar-refractivity contribution < 1.29 is 0 Å². The lowest BCUT2D eigenvalue weighted by Gasteiger charge is -2.28. The zero-order valence-corrected chi connectivity index (χ0v) is 16.3. The van der Waals surface area contributed by atoms with Crippen LogP contribution >= 0.6 is 11.6 Å². The third-order valence-electron chi connectivity index (χ3n) is 4.79. The predicted molar refractivity (Wildman–Crippen MR) is 109 cm³/mol. The van der Waals surface area contributed by atoms with Gasteiger partial charge in [-0.3, -0.25) is 4.90 Å². The van der Waals surface area contributed by atoms with Crippen LogP contribution in [0.25, 0.3) is 11.4 Å². The normalized spacial score (nSPS) is 14.0. The first kappa shape index (κ1) is 17.9. The van der Waals surface area contributed by atoms with Gasteiger partial charge in [0.1, 0.15) is 5.82 Å². The van der Waals surface area contributed by atoms with Gasteiger partial charge in [-0.2, -0.15) is 0 Å². The number of aromatic nitrogens is 3. The zero-order chi connectivity index (χ0) is 18.8. The molecule has 0 N–H and O–H groups in total. The SMILES string of the molecule is CN(C)c1ccc(CN2CCc3nc(-c4ccc(Cl)cc4)ncc3C2)cn1. The minimum atomic E-state index is 0.723. The van der Waals surface area contributed by atoms with Crippen molar-refractivity contribution >= 4 is 17.4 Å². The summed E-state index contributed by atoms with van der Waals surface area (Å²) in [5, 5.41) is 0.723. The van der Waals surface area contributed by atoms with Crippen molar-refractivity contribution in [2.45, 2.75) is 19.5 Å². The van der Waals surface area contributed by atoms with E-state index in [9.17, 15) is 0 Å². The number of pyridine rings is 1. The van der Waals surface area contributed by atoms with Gasteiger partial charge in [-0.1, -0.05) is 17.7 Å². The minimum absolute atomic E-state index is 0.723. The molecule has 2 aromatic heterocycles. The molecule has 0 atom stereocenters. The van der Waals surface area contributed by atoms with Crippen LogP contribution in [0.4, 0.5) is 5.82 Å². The maximum Gasteiger partial charge on any atom is 0.159 e. The van der Waals surface area contributed by atoms with E-state index in [-0.39, 0.29) is 0 Å². The molecule has 1 aliphatic rings. The largest absolute Gasteiger partial charge is 0.363 e. The molecule has 5 nitrogen and oxygen atoms in total. The van der Waals surface area contributed by atoms with Gasteiger partial charge < -0.3 is 4.90 Å². The van der Waals surface area contributed by atoms with E-state index in [1.165, 1.54) is 11.1 Å². The van der Waals surface area contributed by atoms with Crippen molar-refractivity contribution in [2.75, 3.05) is 25.5 Å². The molecule has 0 aliphatic carbocycles. The Balaban J connectivity index is 1.46. The second-order valence-electron chi connectivity index (χ2n) is 7.05. The summed E-state index contributed by atoms with van der Waals surface area (Å²) in [4.78, 5) is 18.3. The van der Waals surface area contributed by atoms with Crippen LogP contribution < -0.4 is 4.90 Å². The number of rotatable bonds is 4. The fraction of sp³-hybridized carbons (Fsp3) is 0.286. The van der Waals surface area contributed by atoms with E-state index in [2.05, 4.69) is 27.0 Å². The van der Waals surface area contributed by atoms with Gasteiger partial charge in [0.05, 0.1) is 5.69 Å². The number of anilines is 1. The molecule has 27 heavy (non-hydrogen) atoms. The van der Waals surface area contributed by atoms with Crippen LogP contribution in [-0.4, -0.2) is 40.5 Å². The molecule has 3 heterocycles. The molecule has 4 rings (SSSR count). The molecular formula is C21H22ClN5. The summed E-state index contributed by atoms with van der Waals surface area (Å²) in [5.74, 6) is 1.74. The van der Waals surface area contributed by atoms with Gasteiger partial charge in [-0.15, -0.1) is 0 Å². The van der Waals surface area contributed by atoms with Crippen LogP contribution in [0.3, 0.4) is 0 Å². The monoisotopic (exact) mass is 379 g/mol. The number of benzene rings is 1. The van der Waals surface area contributed by atoms with Crippen molar-refractivity contribution in [1.82, 2.24) is 19.9 Å². The molecule has 0 spiro atoms. The molecule has 1 aliphatic heterocycles. The van der Waals surface area contributed by atoms with Gasteiger partial charge in [-0.25, -0.2) is 15.0 Å². The van der Waals surface area contributed by atoms with Gasteiger partial charge in [0, 0.05) is 68.7 Å². The Hall–Kier alpha value is -2.50. The summed E-state index contributed by atoms with van der Waals surface area (Å²) in [7, 11) is 4.00. The number of fused-ring (bicyclic) bond motifs is 1. The summed E-state index contributed by atoms with van der Waals surface area (Å²) < 4.78 is 0. The molecule has 0 amide bonds. The topological polar surface area (TPSA) is 45.2 Å². The van der Waals surface area contributed by atoms with E-state index in [0.717, 1.165) is 54.0 Å². The molecule has 0 saturated heterocycles. The maximum atomic E-state index is 5.97.